The molecule has 0 amide bonds. The van der Waals surface area contributed by atoms with Crippen LogP contribution in [0.25, 0.3) is 0 Å². The second kappa shape index (κ2) is 5.83. The Morgan fingerprint density at radius 3 is 2.78 bits per heavy atom. The van der Waals surface area contributed by atoms with Gasteiger partial charge in [0.05, 0.1) is 13.2 Å². The van der Waals surface area contributed by atoms with Crippen molar-refractivity contribution in [1.82, 2.24) is 0 Å². The van der Waals surface area contributed by atoms with E-state index in [-0.39, 0.29) is 5.60 Å². The minimum absolute atomic E-state index is 0.281. The van der Waals surface area contributed by atoms with Gasteiger partial charge in [0.2, 0.25) is 0 Å². The SMILES string of the molecule is Cc1ccc(COC2(CN)CCCOC2)cc1C. The van der Waals surface area contributed by atoms with E-state index in [2.05, 4.69) is 32.0 Å². The molecule has 18 heavy (non-hydrogen) atoms. The summed E-state index contributed by atoms with van der Waals surface area (Å²) in [5, 5.41) is 0. The van der Waals surface area contributed by atoms with E-state index in [9.17, 15) is 0 Å². The van der Waals surface area contributed by atoms with Crippen molar-refractivity contribution in [1.29, 1.82) is 0 Å². The van der Waals surface area contributed by atoms with Gasteiger partial charge < -0.3 is 15.2 Å². The van der Waals surface area contributed by atoms with Crippen LogP contribution in [0.2, 0.25) is 0 Å². The molecule has 100 valence electrons. The second-order valence-corrected chi connectivity index (χ2v) is 5.25. The lowest BCUT2D eigenvalue weighted by Gasteiger charge is -2.36. The summed E-state index contributed by atoms with van der Waals surface area (Å²) in [6.45, 7) is 6.83. The molecule has 1 aliphatic heterocycles. The normalized spacial score (nSPS) is 24.2. The Morgan fingerprint density at radius 1 is 1.33 bits per heavy atom. The van der Waals surface area contributed by atoms with Gasteiger partial charge in [-0.15, -0.1) is 0 Å². The molecule has 1 aliphatic rings. The van der Waals surface area contributed by atoms with E-state index in [1.54, 1.807) is 0 Å². The minimum Gasteiger partial charge on any atom is -0.378 e. The lowest BCUT2D eigenvalue weighted by atomic mass is 9.96. The van der Waals surface area contributed by atoms with E-state index in [1.165, 1.54) is 16.7 Å². The van der Waals surface area contributed by atoms with Gasteiger partial charge >= 0.3 is 0 Å². The summed E-state index contributed by atoms with van der Waals surface area (Å²) in [7, 11) is 0. The summed E-state index contributed by atoms with van der Waals surface area (Å²) in [4.78, 5) is 0. The van der Waals surface area contributed by atoms with Crippen LogP contribution in [0.4, 0.5) is 0 Å². The molecule has 1 aromatic rings. The molecule has 0 spiro atoms. The molecule has 0 bridgehead atoms. The highest BCUT2D eigenvalue weighted by Crippen LogP contribution is 2.24. The molecule has 1 saturated heterocycles. The molecule has 0 aliphatic carbocycles. The number of ether oxygens (including phenoxy) is 2. The Morgan fingerprint density at radius 2 is 2.17 bits per heavy atom. The van der Waals surface area contributed by atoms with Gasteiger partial charge in [-0.2, -0.15) is 0 Å². The van der Waals surface area contributed by atoms with Gasteiger partial charge in [0, 0.05) is 13.2 Å². The van der Waals surface area contributed by atoms with Crippen LogP contribution in [-0.2, 0) is 16.1 Å². The molecule has 0 radical (unpaired) electrons. The predicted octanol–water partition coefficient (Wildman–Crippen LogP) is 2.33. The van der Waals surface area contributed by atoms with Crippen molar-refractivity contribution in [2.24, 2.45) is 5.73 Å². The third kappa shape index (κ3) is 3.10. The first-order chi connectivity index (χ1) is 8.65. The third-order valence-electron chi connectivity index (χ3n) is 3.77. The van der Waals surface area contributed by atoms with Gasteiger partial charge in [0.1, 0.15) is 5.60 Å². The van der Waals surface area contributed by atoms with Crippen molar-refractivity contribution in [3.05, 3.63) is 34.9 Å². The Bertz CT molecular complexity index is 397. The zero-order valence-electron chi connectivity index (χ0n) is 11.4. The highest BCUT2D eigenvalue weighted by molar-refractivity contribution is 5.29. The highest BCUT2D eigenvalue weighted by Gasteiger charge is 2.32. The fourth-order valence-corrected chi connectivity index (χ4v) is 2.29. The molecule has 1 fully saturated rings. The monoisotopic (exact) mass is 249 g/mol. The Labute approximate surface area is 109 Å². The van der Waals surface area contributed by atoms with E-state index in [1.807, 2.05) is 0 Å². The average Bonchev–Trinajstić information content (AvgIpc) is 2.41. The van der Waals surface area contributed by atoms with Crippen molar-refractivity contribution in [2.75, 3.05) is 19.8 Å². The topological polar surface area (TPSA) is 44.5 Å². The van der Waals surface area contributed by atoms with Crippen LogP contribution in [0.15, 0.2) is 18.2 Å². The quantitative estimate of drug-likeness (QED) is 0.890. The zero-order valence-corrected chi connectivity index (χ0v) is 11.4. The molecule has 1 unspecified atom stereocenters. The molecule has 3 nitrogen and oxygen atoms in total. The number of benzene rings is 1. The van der Waals surface area contributed by atoms with E-state index >= 15 is 0 Å². The molecular formula is C15H23NO2. The van der Waals surface area contributed by atoms with E-state index in [0.717, 1.165) is 19.4 Å². The van der Waals surface area contributed by atoms with Gasteiger partial charge in [-0.25, -0.2) is 0 Å². The van der Waals surface area contributed by atoms with Gasteiger partial charge in [-0.3, -0.25) is 0 Å². The average molecular weight is 249 g/mol. The van der Waals surface area contributed by atoms with E-state index in [4.69, 9.17) is 15.2 Å². The Kier molecular flexibility index (Phi) is 4.38. The maximum absolute atomic E-state index is 6.05. The number of nitrogens with two attached hydrogens (primary N) is 1. The fourth-order valence-electron chi connectivity index (χ4n) is 2.29. The molecule has 0 aromatic heterocycles. The summed E-state index contributed by atoms with van der Waals surface area (Å²) in [6.07, 6.45) is 2.03. The smallest absolute Gasteiger partial charge is 0.104 e. The summed E-state index contributed by atoms with van der Waals surface area (Å²) in [5.74, 6) is 0. The molecule has 3 heteroatoms. The van der Waals surface area contributed by atoms with Crippen LogP contribution in [0.3, 0.4) is 0 Å². The first-order valence-electron chi connectivity index (χ1n) is 6.63. The van der Waals surface area contributed by atoms with Crippen LogP contribution in [0.1, 0.15) is 29.5 Å². The van der Waals surface area contributed by atoms with Gasteiger partial charge in [0.25, 0.3) is 0 Å². The summed E-state index contributed by atoms with van der Waals surface area (Å²) in [6, 6.07) is 6.44. The van der Waals surface area contributed by atoms with Gasteiger partial charge in [0.15, 0.2) is 0 Å². The van der Waals surface area contributed by atoms with Gasteiger partial charge in [-0.05, 0) is 43.4 Å². The van der Waals surface area contributed by atoms with Gasteiger partial charge in [-0.1, -0.05) is 18.2 Å². The van der Waals surface area contributed by atoms with Crippen molar-refractivity contribution in [2.45, 2.75) is 38.9 Å². The van der Waals surface area contributed by atoms with Crippen LogP contribution in [0, 0.1) is 13.8 Å². The number of rotatable bonds is 4. The summed E-state index contributed by atoms with van der Waals surface area (Å²) >= 11 is 0. The molecule has 2 N–H and O–H groups in total. The van der Waals surface area contributed by atoms with E-state index in [0.29, 0.717) is 19.8 Å². The highest BCUT2D eigenvalue weighted by atomic mass is 16.5. The lowest BCUT2D eigenvalue weighted by Crippen LogP contribution is -2.47. The van der Waals surface area contributed by atoms with Crippen molar-refractivity contribution in [3.8, 4) is 0 Å². The van der Waals surface area contributed by atoms with Crippen LogP contribution in [-0.4, -0.2) is 25.4 Å². The second-order valence-electron chi connectivity index (χ2n) is 5.25. The lowest BCUT2D eigenvalue weighted by molar-refractivity contribution is -0.130. The zero-order chi connectivity index (χ0) is 13.0. The minimum atomic E-state index is -0.281. The molecule has 1 aromatic carbocycles. The summed E-state index contributed by atoms with van der Waals surface area (Å²) in [5.41, 5.74) is 9.39. The number of aryl methyl sites for hydroxylation is 2. The summed E-state index contributed by atoms with van der Waals surface area (Å²) < 4.78 is 11.6. The number of hydrogen-bond acceptors (Lipinski definition) is 3. The van der Waals surface area contributed by atoms with Crippen molar-refractivity contribution >= 4 is 0 Å². The standard InChI is InChI=1S/C15H23NO2/c1-12-4-5-14(8-13(12)2)9-18-15(10-16)6-3-7-17-11-15/h4-5,8H,3,6-7,9-11,16H2,1-2H3. The molecular weight excluding hydrogens is 226 g/mol. The Balaban J connectivity index is 1.98. The fraction of sp³-hybridized carbons (Fsp3) is 0.600. The van der Waals surface area contributed by atoms with E-state index < -0.39 is 0 Å². The molecule has 1 atom stereocenters. The van der Waals surface area contributed by atoms with Crippen molar-refractivity contribution < 1.29 is 9.47 Å². The molecule has 1 heterocycles. The molecule has 0 saturated carbocycles. The first kappa shape index (κ1) is 13.5. The Hall–Kier alpha value is -0.900. The third-order valence-corrected chi connectivity index (χ3v) is 3.77. The maximum Gasteiger partial charge on any atom is 0.104 e. The first-order valence-corrected chi connectivity index (χ1v) is 6.63. The largest absolute Gasteiger partial charge is 0.378 e. The van der Waals surface area contributed by atoms with Crippen LogP contribution >= 0.6 is 0 Å². The maximum atomic E-state index is 6.05. The number of hydrogen-bond donors (Lipinski definition) is 1. The van der Waals surface area contributed by atoms with Crippen molar-refractivity contribution in [3.63, 3.8) is 0 Å². The van der Waals surface area contributed by atoms with Crippen LogP contribution < -0.4 is 5.73 Å². The molecule has 2 rings (SSSR count). The predicted molar refractivity (Wildman–Crippen MR) is 72.5 cm³/mol. The van der Waals surface area contributed by atoms with Crippen LogP contribution in [0.5, 0.6) is 0 Å².